The van der Waals surface area contributed by atoms with Crippen LogP contribution >= 0.6 is 31.9 Å². The van der Waals surface area contributed by atoms with E-state index in [4.69, 9.17) is 4.74 Å². The molecule has 32 heavy (non-hydrogen) atoms. The molecule has 0 saturated carbocycles. The number of amides is 1. The second kappa shape index (κ2) is 11.6. The van der Waals surface area contributed by atoms with E-state index in [0.29, 0.717) is 16.7 Å². The first-order valence-corrected chi connectivity index (χ1v) is 11.5. The second-order valence-corrected chi connectivity index (χ2v) is 8.17. The minimum absolute atomic E-state index is 0.00498. The van der Waals surface area contributed by atoms with Gasteiger partial charge in [0.25, 0.3) is 5.91 Å². The molecule has 7 heteroatoms. The Bertz CT molecular complexity index is 1200. The van der Waals surface area contributed by atoms with E-state index in [9.17, 15) is 14.9 Å². The molecule has 0 spiro atoms. The summed E-state index contributed by atoms with van der Waals surface area (Å²) >= 11 is 6.80. The zero-order chi connectivity index (χ0) is 23.8. The van der Waals surface area contributed by atoms with Crippen LogP contribution in [-0.2, 0) is 0 Å². The van der Waals surface area contributed by atoms with Crippen molar-refractivity contribution in [2.24, 2.45) is 0 Å². The van der Waals surface area contributed by atoms with Crippen molar-refractivity contribution in [1.82, 2.24) is 0 Å². The van der Waals surface area contributed by atoms with E-state index in [2.05, 4.69) is 37.2 Å². The number of esters is 1. The lowest BCUT2D eigenvalue weighted by molar-refractivity contribution is 0.0733. The molecule has 3 aromatic rings. The van der Waals surface area contributed by atoms with Gasteiger partial charge < -0.3 is 10.1 Å². The molecule has 0 saturated heterocycles. The highest BCUT2D eigenvalue weighted by Crippen LogP contribution is 2.31. The van der Waals surface area contributed by atoms with Crippen molar-refractivity contribution in [1.29, 1.82) is 5.26 Å². The lowest BCUT2D eigenvalue weighted by atomic mass is 10.1. The minimum atomic E-state index is -0.620. The van der Waals surface area contributed by atoms with Gasteiger partial charge in [-0.3, -0.25) is 4.79 Å². The third kappa shape index (κ3) is 5.64. The Morgan fingerprint density at radius 3 is 2.00 bits per heavy atom. The number of carbonyl (C=O) groups excluding carboxylic acids is 2. The maximum absolute atomic E-state index is 12.8. The molecule has 0 aliphatic heterocycles. The van der Waals surface area contributed by atoms with Gasteiger partial charge in [-0.05, 0) is 61.4 Å². The summed E-state index contributed by atoms with van der Waals surface area (Å²) in [5, 5.41) is 12.2. The van der Waals surface area contributed by atoms with Crippen molar-refractivity contribution in [2.75, 3.05) is 5.32 Å². The monoisotopic (exact) mass is 556 g/mol. The van der Waals surface area contributed by atoms with Crippen molar-refractivity contribution < 1.29 is 14.3 Å². The average molecular weight is 558 g/mol. The topological polar surface area (TPSA) is 79.2 Å². The van der Waals surface area contributed by atoms with Crippen LogP contribution in [0.15, 0.2) is 63.5 Å². The van der Waals surface area contributed by atoms with Crippen LogP contribution in [0.5, 0.6) is 5.75 Å². The van der Waals surface area contributed by atoms with Crippen LogP contribution in [-0.4, -0.2) is 11.9 Å². The lowest BCUT2D eigenvalue weighted by Crippen LogP contribution is -2.17. The van der Waals surface area contributed by atoms with Gasteiger partial charge in [0.1, 0.15) is 6.07 Å². The number of nitriles is 1. The van der Waals surface area contributed by atoms with E-state index in [1.807, 2.05) is 39.0 Å². The Hall–Kier alpha value is -2.95. The fourth-order valence-electron chi connectivity index (χ4n) is 2.85. The number of halogens is 2. The maximum atomic E-state index is 12.8. The molecule has 0 radical (unpaired) electrons. The fourth-order valence-corrected chi connectivity index (χ4v) is 3.59. The number of hydrogen-bond donors (Lipinski definition) is 1. The van der Waals surface area contributed by atoms with Gasteiger partial charge in [-0.15, -0.1) is 0 Å². The van der Waals surface area contributed by atoms with Crippen molar-refractivity contribution in [3.05, 3.63) is 91.4 Å². The minimum Gasteiger partial charge on any atom is -0.419 e. The Morgan fingerprint density at radius 2 is 1.41 bits per heavy atom. The summed E-state index contributed by atoms with van der Waals surface area (Å²) in [6, 6.07) is 17.2. The van der Waals surface area contributed by atoms with Crippen LogP contribution in [0.25, 0.3) is 0 Å². The van der Waals surface area contributed by atoms with Gasteiger partial charge in [-0.2, -0.15) is 5.26 Å². The zero-order valence-electron chi connectivity index (χ0n) is 18.1. The van der Waals surface area contributed by atoms with Gasteiger partial charge in [-0.1, -0.05) is 63.9 Å². The summed E-state index contributed by atoms with van der Waals surface area (Å²) in [7, 11) is 0. The van der Waals surface area contributed by atoms with Crippen LogP contribution in [0.2, 0.25) is 0 Å². The Morgan fingerprint density at radius 1 is 0.875 bits per heavy atom. The maximum Gasteiger partial charge on any atom is 0.343 e. The first-order chi connectivity index (χ1) is 15.3. The summed E-state index contributed by atoms with van der Waals surface area (Å²) in [6.45, 7) is 7.61. The van der Waals surface area contributed by atoms with Crippen LogP contribution < -0.4 is 10.1 Å². The normalized spacial score (nSPS) is 9.78. The van der Waals surface area contributed by atoms with Crippen LogP contribution in [0.4, 0.5) is 5.69 Å². The molecule has 0 heterocycles. The zero-order valence-corrected chi connectivity index (χ0v) is 21.3. The molecule has 3 rings (SSSR count). The molecule has 0 aliphatic carbocycles. The Kier molecular flexibility index (Phi) is 9.18. The molecule has 0 aromatic heterocycles. The van der Waals surface area contributed by atoms with E-state index < -0.39 is 5.97 Å². The van der Waals surface area contributed by atoms with Crippen LogP contribution in [0, 0.1) is 25.2 Å². The number of ether oxygens (including phenoxy) is 1. The smallest absolute Gasteiger partial charge is 0.343 e. The SMILES string of the molecule is CC.Cc1c(Br)cccc1C(=O)Nc1cccc(C#N)c1OC(=O)c1cccc(Br)c1C. The molecule has 1 amide bonds. The number of nitrogens with one attached hydrogen (secondary N) is 1. The second-order valence-electron chi connectivity index (χ2n) is 6.46. The number of para-hydroxylation sites is 1. The van der Waals surface area contributed by atoms with Gasteiger partial charge in [-0.25, -0.2) is 4.79 Å². The van der Waals surface area contributed by atoms with E-state index in [-0.39, 0.29) is 22.9 Å². The highest BCUT2D eigenvalue weighted by Gasteiger charge is 2.20. The van der Waals surface area contributed by atoms with Gasteiger partial charge in [0.15, 0.2) is 5.75 Å². The molecule has 5 nitrogen and oxygen atoms in total. The summed E-state index contributed by atoms with van der Waals surface area (Å²) in [4.78, 5) is 25.6. The number of benzene rings is 3. The molecule has 3 aromatic carbocycles. The van der Waals surface area contributed by atoms with E-state index in [1.54, 1.807) is 43.3 Å². The highest BCUT2D eigenvalue weighted by atomic mass is 79.9. The summed E-state index contributed by atoms with van der Waals surface area (Å²) in [5.74, 6) is -0.990. The van der Waals surface area contributed by atoms with E-state index in [0.717, 1.165) is 14.5 Å². The predicted octanol–water partition coefficient (Wildman–Crippen LogP) is 7.20. The van der Waals surface area contributed by atoms with Crippen molar-refractivity contribution in [3.8, 4) is 11.8 Å². The third-order valence-electron chi connectivity index (χ3n) is 4.58. The average Bonchev–Trinajstić information content (AvgIpc) is 2.79. The molecular formula is C25H22Br2N2O3. The third-order valence-corrected chi connectivity index (χ3v) is 6.30. The molecule has 0 unspecified atom stereocenters. The first kappa shape index (κ1) is 25.3. The number of hydrogen-bond acceptors (Lipinski definition) is 4. The predicted molar refractivity (Wildman–Crippen MR) is 133 cm³/mol. The Labute approximate surface area is 204 Å². The Balaban J connectivity index is 0.00000176. The molecule has 0 fully saturated rings. The standard InChI is InChI=1S/C23H16Br2N2O3.C2H6/c1-13-16(7-4-9-18(13)24)22(28)27-20-11-3-6-15(12-26)21(20)30-23(29)17-8-5-10-19(25)14(17)2;1-2/h3-11H,1-2H3,(H,27,28);1-2H3. The van der Waals surface area contributed by atoms with Crippen LogP contribution in [0.3, 0.4) is 0 Å². The summed E-state index contributed by atoms with van der Waals surface area (Å²) < 4.78 is 7.15. The van der Waals surface area contributed by atoms with E-state index in [1.165, 1.54) is 6.07 Å². The summed E-state index contributed by atoms with van der Waals surface area (Å²) in [5.41, 5.74) is 2.69. The van der Waals surface area contributed by atoms with Gasteiger partial charge in [0.05, 0.1) is 16.8 Å². The molecule has 0 bridgehead atoms. The van der Waals surface area contributed by atoms with Crippen molar-refractivity contribution in [2.45, 2.75) is 27.7 Å². The number of rotatable bonds is 4. The van der Waals surface area contributed by atoms with Crippen LogP contribution in [0.1, 0.15) is 51.3 Å². The van der Waals surface area contributed by atoms with Gasteiger partial charge >= 0.3 is 5.97 Å². The van der Waals surface area contributed by atoms with E-state index >= 15 is 0 Å². The molecule has 0 atom stereocenters. The number of nitrogens with zero attached hydrogens (tertiary/aromatic N) is 1. The van der Waals surface area contributed by atoms with Crippen molar-refractivity contribution >= 4 is 49.4 Å². The number of carbonyl (C=O) groups is 2. The first-order valence-electron chi connectivity index (χ1n) is 9.90. The quantitative estimate of drug-likeness (QED) is 0.272. The largest absolute Gasteiger partial charge is 0.419 e. The molecular weight excluding hydrogens is 536 g/mol. The number of anilines is 1. The molecule has 0 aliphatic rings. The van der Waals surface area contributed by atoms with Crippen molar-refractivity contribution in [3.63, 3.8) is 0 Å². The fraction of sp³-hybridized carbons (Fsp3) is 0.160. The molecule has 1 N–H and O–H groups in total. The lowest BCUT2D eigenvalue weighted by Gasteiger charge is -2.15. The van der Waals surface area contributed by atoms with Gasteiger partial charge in [0, 0.05) is 14.5 Å². The van der Waals surface area contributed by atoms with Gasteiger partial charge in [0.2, 0.25) is 0 Å². The molecule has 164 valence electrons. The highest BCUT2D eigenvalue weighted by molar-refractivity contribution is 9.10. The summed E-state index contributed by atoms with van der Waals surface area (Å²) in [6.07, 6.45) is 0.